The molecule has 0 saturated heterocycles. The fourth-order valence-electron chi connectivity index (χ4n) is 0.204. The maximum absolute atomic E-state index is 9.50. The quantitative estimate of drug-likeness (QED) is 0.466. The molecular formula is C4H4CoO4. The number of hydrogen-bond donors (Lipinski definition) is 0. The monoisotopic (exact) mass is 175 g/mol. The van der Waals surface area contributed by atoms with Crippen LogP contribution in [0.3, 0.4) is 0 Å². The van der Waals surface area contributed by atoms with Gasteiger partial charge in [0.25, 0.3) is 0 Å². The first-order chi connectivity index (χ1) is 3.63. The van der Waals surface area contributed by atoms with Gasteiger partial charge in [0.05, 0.1) is 0 Å². The molecule has 0 aromatic rings. The predicted molar refractivity (Wildman–Crippen MR) is 19.2 cm³/mol. The van der Waals surface area contributed by atoms with Crippen LogP contribution in [0.5, 0.6) is 0 Å². The normalized spacial score (nSPS) is 7.56. The first-order valence-electron chi connectivity index (χ1n) is 2.02. The van der Waals surface area contributed by atoms with Crippen molar-refractivity contribution in [1.29, 1.82) is 0 Å². The summed E-state index contributed by atoms with van der Waals surface area (Å²) in [6, 6.07) is 0. The van der Waals surface area contributed by atoms with E-state index < -0.39 is 24.8 Å². The number of hydrogen-bond acceptors (Lipinski definition) is 4. The summed E-state index contributed by atoms with van der Waals surface area (Å²) in [5, 5.41) is 19.0. The van der Waals surface area contributed by atoms with Gasteiger partial charge in [0.1, 0.15) is 0 Å². The van der Waals surface area contributed by atoms with E-state index in [1.807, 2.05) is 0 Å². The van der Waals surface area contributed by atoms with Crippen molar-refractivity contribution in [2.75, 3.05) is 0 Å². The van der Waals surface area contributed by atoms with Crippen LogP contribution in [0.15, 0.2) is 0 Å². The molecule has 0 N–H and O–H groups in total. The van der Waals surface area contributed by atoms with Gasteiger partial charge in [0.15, 0.2) is 0 Å². The minimum absolute atomic E-state index is 0. The van der Waals surface area contributed by atoms with Gasteiger partial charge in [0.2, 0.25) is 0 Å². The Bertz CT molecular complexity index is 97.1. The van der Waals surface area contributed by atoms with Gasteiger partial charge in [-0.3, -0.25) is 0 Å². The van der Waals surface area contributed by atoms with E-state index in [1.54, 1.807) is 0 Å². The van der Waals surface area contributed by atoms with Gasteiger partial charge in [-0.15, -0.1) is 0 Å². The van der Waals surface area contributed by atoms with Crippen molar-refractivity contribution < 1.29 is 36.6 Å². The zero-order valence-electron chi connectivity index (χ0n) is 4.38. The molecule has 53 valence electrons. The Morgan fingerprint density at radius 1 is 1.00 bits per heavy atom. The third kappa shape index (κ3) is 11.2. The Balaban J connectivity index is 0. The molecule has 0 aromatic carbocycles. The summed E-state index contributed by atoms with van der Waals surface area (Å²) < 4.78 is 0. The van der Waals surface area contributed by atoms with Crippen LogP contribution in [0.4, 0.5) is 0 Å². The van der Waals surface area contributed by atoms with Crippen molar-refractivity contribution in [3.8, 4) is 0 Å². The summed E-state index contributed by atoms with van der Waals surface area (Å²) in [6.45, 7) is 0. The molecule has 0 rings (SSSR count). The van der Waals surface area contributed by atoms with E-state index >= 15 is 0 Å². The average Bonchev–Trinajstić information content (AvgIpc) is 1.61. The molecule has 0 aromatic heterocycles. The van der Waals surface area contributed by atoms with Crippen molar-refractivity contribution in [2.45, 2.75) is 12.8 Å². The van der Waals surface area contributed by atoms with Gasteiger partial charge >= 0.3 is 16.8 Å². The zero-order valence-corrected chi connectivity index (χ0v) is 5.42. The first kappa shape index (κ1) is 11.3. The van der Waals surface area contributed by atoms with Crippen molar-refractivity contribution in [2.24, 2.45) is 0 Å². The number of rotatable bonds is 3. The summed E-state index contributed by atoms with van der Waals surface area (Å²) in [4.78, 5) is 19.0. The number of carbonyl (C=O) groups excluding carboxylic acids is 2. The van der Waals surface area contributed by atoms with E-state index in [9.17, 15) is 19.8 Å². The number of carboxylic acids is 2. The van der Waals surface area contributed by atoms with Gasteiger partial charge in [-0.1, -0.05) is 0 Å². The zero-order chi connectivity index (χ0) is 6.57. The van der Waals surface area contributed by atoms with Gasteiger partial charge in [-0.25, -0.2) is 0 Å². The Labute approximate surface area is 62.1 Å². The fraction of sp³-hybridized carbons (Fsp3) is 0.500. The maximum Gasteiger partial charge on any atom is 2.00 e. The van der Waals surface area contributed by atoms with E-state index in [1.165, 1.54) is 0 Å². The van der Waals surface area contributed by atoms with Crippen LogP contribution in [0.25, 0.3) is 0 Å². The number of aliphatic carboxylic acids is 2. The molecule has 0 amide bonds. The first-order valence-corrected chi connectivity index (χ1v) is 2.02. The van der Waals surface area contributed by atoms with E-state index in [4.69, 9.17) is 0 Å². The molecule has 0 aliphatic heterocycles. The van der Waals surface area contributed by atoms with Crippen LogP contribution in [0.1, 0.15) is 12.8 Å². The fourth-order valence-corrected chi connectivity index (χ4v) is 0.204. The molecule has 5 heteroatoms. The third-order valence-corrected chi connectivity index (χ3v) is 0.533. The molecule has 0 spiro atoms. The number of carbonyl (C=O) groups is 2. The summed E-state index contributed by atoms with van der Waals surface area (Å²) in [5.41, 5.74) is 0. The van der Waals surface area contributed by atoms with Gasteiger partial charge in [-0.2, -0.15) is 0 Å². The molecule has 0 aliphatic rings. The molecule has 9 heavy (non-hydrogen) atoms. The molecule has 0 fully saturated rings. The summed E-state index contributed by atoms with van der Waals surface area (Å²) in [6.07, 6.45) is -0.940. The van der Waals surface area contributed by atoms with E-state index in [-0.39, 0.29) is 16.8 Å². The smallest absolute Gasteiger partial charge is 0.550 e. The Kier molecular flexibility index (Phi) is 6.99. The molecule has 0 aliphatic carbocycles. The topological polar surface area (TPSA) is 80.3 Å². The molecular weight excluding hydrogens is 171 g/mol. The largest absolute Gasteiger partial charge is 2.00 e. The SMILES string of the molecule is O=C([O-])CCC(=O)[O-].[Co+2]. The second kappa shape index (κ2) is 5.58. The van der Waals surface area contributed by atoms with E-state index in [0.717, 1.165) is 0 Å². The van der Waals surface area contributed by atoms with E-state index in [0.29, 0.717) is 0 Å². The maximum atomic E-state index is 9.50. The van der Waals surface area contributed by atoms with Gasteiger partial charge in [0, 0.05) is 11.9 Å². The van der Waals surface area contributed by atoms with Crippen LogP contribution >= 0.6 is 0 Å². The molecule has 0 bridgehead atoms. The predicted octanol–water partition coefficient (Wildman–Crippen LogP) is -2.74. The second-order valence-corrected chi connectivity index (χ2v) is 1.24. The molecule has 1 radical (unpaired) electrons. The van der Waals surface area contributed by atoms with Crippen LogP contribution in [0, 0.1) is 0 Å². The van der Waals surface area contributed by atoms with Crippen LogP contribution in [-0.2, 0) is 26.4 Å². The van der Waals surface area contributed by atoms with Crippen LogP contribution < -0.4 is 10.2 Å². The van der Waals surface area contributed by atoms with Crippen molar-refractivity contribution in [1.82, 2.24) is 0 Å². The van der Waals surface area contributed by atoms with Gasteiger partial charge < -0.3 is 19.8 Å². The third-order valence-electron chi connectivity index (χ3n) is 0.533. The second-order valence-electron chi connectivity index (χ2n) is 1.24. The summed E-state index contributed by atoms with van der Waals surface area (Å²) in [7, 11) is 0. The van der Waals surface area contributed by atoms with Crippen LogP contribution in [-0.4, -0.2) is 11.9 Å². The molecule has 4 nitrogen and oxygen atoms in total. The standard InChI is InChI=1S/C4H6O4.Co/c5-3(6)1-2-4(7)8;/h1-2H2,(H,5,6)(H,7,8);/q;+2/p-2. The molecule has 0 atom stereocenters. The number of carboxylic acid groups (broad SMARTS) is 2. The molecule has 0 heterocycles. The van der Waals surface area contributed by atoms with Gasteiger partial charge in [-0.05, 0) is 12.8 Å². The Hall–Kier alpha value is -0.554. The van der Waals surface area contributed by atoms with Crippen molar-refractivity contribution in [3.63, 3.8) is 0 Å². The van der Waals surface area contributed by atoms with Crippen LogP contribution in [0.2, 0.25) is 0 Å². The average molecular weight is 175 g/mol. The summed E-state index contributed by atoms with van der Waals surface area (Å²) in [5.74, 6) is -2.73. The van der Waals surface area contributed by atoms with Crippen molar-refractivity contribution >= 4 is 11.9 Å². The minimum atomic E-state index is -1.37. The Morgan fingerprint density at radius 2 is 1.22 bits per heavy atom. The Morgan fingerprint density at radius 3 is 1.33 bits per heavy atom. The minimum Gasteiger partial charge on any atom is -0.550 e. The molecule has 0 unspecified atom stereocenters. The molecule has 0 saturated carbocycles. The van der Waals surface area contributed by atoms with E-state index in [2.05, 4.69) is 0 Å². The summed E-state index contributed by atoms with van der Waals surface area (Å²) >= 11 is 0. The van der Waals surface area contributed by atoms with Crippen molar-refractivity contribution in [3.05, 3.63) is 0 Å².